The molecule has 0 saturated heterocycles. The SMILES string of the molecule is CC/C=C\C/C=C\C/C=C\C/C=C\C/C=C\C/C=C\CCC(=O)OCC(COP(=O)(O)OCC(O)COP(=O)(O)OCC(COC(=O)CCCCCCCCC/C=C\C/C=C\C/C=C\CC)OC(=O)CCCCCCCCCCCCCCC)OC(=O)CCCCCCC/C=C\C/C=C\C/C=C\CC. The molecule has 0 fully saturated rings. The lowest BCUT2D eigenvalue weighted by atomic mass is 10.0. The number of esters is 4. The monoisotopic (exact) mass is 1500 g/mol. The molecule has 104 heavy (non-hydrogen) atoms. The van der Waals surface area contributed by atoms with Gasteiger partial charge < -0.3 is 33.8 Å². The van der Waals surface area contributed by atoms with Crippen molar-refractivity contribution in [3.05, 3.63) is 146 Å². The van der Waals surface area contributed by atoms with Crippen LogP contribution in [-0.2, 0) is 65.4 Å². The fourth-order valence-electron chi connectivity index (χ4n) is 10.3. The molecule has 0 aliphatic heterocycles. The summed E-state index contributed by atoms with van der Waals surface area (Å²) in [6.45, 7) is 4.44. The van der Waals surface area contributed by atoms with Crippen LogP contribution in [-0.4, -0.2) is 96.7 Å². The molecule has 0 amide bonds. The molecule has 0 spiro atoms. The van der Waals surface area contributed by atoms with Crippen LogP contribution in [0.1, 0.15) is 310 Å². The quantitative estimate of drug-likeness (QED) is 0.0169. The highest BCUT2D eigenvalue weighted by atomic mass is 31.2. The second-order valence-corrected chi connectivity index (χ2v) is 29.1. The predicted octanol–water partition coefficient (Wildman–Crippen LogP) is 23.4. The van der Waals surface area contributed by atoms with Gasteiger partial charge >= 0.3 is 39.5 Å². The molecule has 0 aliphatic carbocycles. The Hall–Kier alpha value is -5.06. The van der Waals surface area contributed by atoms with E-state index in [1.54, 1.807) is 0 Å². The zero-order valence-electron chi connectivity index (χ0n) is 64.9. The summed E-state index contributed by atoms with van der Waals surface area (Å²) < 4.78 is 68.5. The van der Waals surface area contributed by atoms with Gasteiger partial charge in [0.25, 0.3) is 0 Å². The zero-order chi connectivity index (χ0) is 76.0. The maximum absolute atomic E-state index is 13.1. The Labute approximate surface area is 630 Å². The number of hydrogen-bond donors (Lipinski definition) is 3. The van der Waals surface area contributed by atoms with Crippen molar-refractivity contribution in [3.8, 4) is 0 Å². The lowest BCUT2D eigenvalue weighted by molar-refractivity contribution is -0.161. The molecule has 0 heterocycles. The third kappa shape index (κ3) is 75.2. The molecule has 594 valence electrons. The Morgan fingerprint density at radius 3 is 0.827 bits per heavy atom. The van der Waals surface area contributed by atoms with Crippen molar-refractivity contribution in [1.82, 2.24) is 0 Å². The van der Waals surface area contributed by atoms with Gasteiger partial charge in [-0.2, -0.15) is 0 Å². The maximum atomic E-state index is 13.1. The van der Waals surface area contributed by atoms with Crippen LogP contribution in [0.4, 0.5) is 0 Å². The Morgan fingerprint density at radius 2 is 0.519 bits per heavy atom. The van der Waals surface area contributed by atoms with Crippen molar-refractivity contribution in [2.24, 2.45) is 0 Å². The summed E-state index contributed by atoms with van der Waals surface area (Å²) in [5.74, 6) is -2.30. The summed E-state index contributed by atoms with van der Waals surface area (Å²) in [6, 6.07) is 0. The molecule has 0 bridgehead atoms. The molecule has 0 aromatic carbocycles. The van der Waals surface area contributed by atoms with Crippen LogP contribution in [0.15, 0.2) is 146 Å². The van der Waals surface area contributed by atoms with E-state index in [9.17, 15) is 43.2 Å². The van der Waals surface area contributed by atoms with Gasteiger partial charge in [-0.25, -0.2) is 9.13 Å². The number of carbonyl (C=O) groups excluding carboxylic acids is 4. The van der Waals surface area contributed by atoms with Gasteiger partial charge in [-0.15, -0.1) is 0 Å². The van der Waals surface area contributed by atoms with Crippen molar-refractivity contribution < 1.29 is 80.2 Å². The number of phosphoric ester groups is 2. The fourth-order valence-corrected chi connectivity index (χ4v) is 11.9. The van der Waals surface area contributed by atoms with Gasteiger partial charge in [-0.1, -0.05) is 302 Å². The number of aliphatic hydroxyl groups excluding tert-OH is 1. The third-order valence-electron chi connectivity index (χ3n) is 16.3. The van der Waals surface area contributed by atoms with Crippen LogP contribution in [0.5, 0.6) is 0 Å². The zero-order valence-corrected chi connectivity index (χ0v) is 66.7. The van der Waals surface area contributed by atoms with E-state index in [2.05, 4.69) is 155 Å². The number of carbonyl (C=O) groups is 4. The van der Waals surface area contributed by atoms with E-state index in [1.807, 2.05) is 18.2 Å². The first kappa shape index (κ1) is 98.9. The van der Waals surface area contributed by atoms with Crippen LogP contribution < -0.4 is 0 Å². The van der Waals surface area contributed by atoms with E-state index in [0.29, 0.717) is 32.1 Å². The molecule has 17 nitrogen and oxygen atoms in total. The number of aliphatic hydroxyl groups is 1. The van der Waals surface area contributed by atoms with Crippen molar-refractivity contribution >= 4 is 39.5 Å². The van der Waals surface area contributed by atoms with E-state index in [4.69, 9.17) is 37.0 Å². The van der Waals surface area contributed by atoms with Crippen LogP contribution in [0, 0.1) is 0 Å². The Balaban J connectivity index is 5.43. The minimum absolute atomic E-state index is 0.0286. The standard InChI is InChI=1S/C85H142O17P2/c1-5-9-13-17-21-25-29-33-36-38-39-41-44-47-50-54-58-62-66-70-83(88)96-76-81(102-85(90)72-68-64-60-56-52-48-42-35-31-27-23-19-15-11-7-3)78-100-104(93,94)98-74-79(86)73-97-103(91,92)99-77-80(101-84(89)71-67-63-59-55-51-45-32-28-24-20-16-12-8-4)75-95-82(87)69-65-61-57-53-49-46-43-40-37-34-30-26-22-18-14-10-6-2/h9-11,13-15,21-23,25-27,33-37,39,41-42,47,50,58,62,79-81,86H,5-8,12,16-20,24,28-32,38,40,43-46,48-49,51-57,59-61,63-78H2,1-4H3,(H,91,92)(H,93,94)/b13-9-,14-10-,15-11-,25-21-,26-22-,27-23-,36-33-,37-34-,41-39-,42-35-,50-47-,62-58-. The second-order valence-electron chi connectivity index (χ2n) is 26.2. The van der Waals surface area contributed by atoms with Crippen molar-refractivity contribution in [1.29, 1.82) is 0 Å². The molecule has 19 heteroatoms. The number of rotatable bonds is 74. The van der Waals surface area contributed by atoms with Gasteiger partial charge in [0, 0.05) is 25.7 Å². The molecular formula is C85H142O17P2. The molecule has 5 atom stereocenters. The number of phosphoric acid groups is 2. The van der Waals surface area contributed by atoms with Gasteiger partial charge in [0.2, 0.25) is 0 Å². The molecule has 0 radical (unpaired) electrons. The second kappa shape index (κ2) is 76.1. The number of unbranched alkanes of at least 4 members (excludes halogenated alkanes) is 24. The number of allylic oxidation sites excluding steroid dienone is 24. The average Bonchev–Trinajstić information content (AvgIpc) is 0.911. The van der Waals surface area contributed by atoms with Crippen molar-refractivity contribution in [3.63, 3.8) is 0 Å². The van der Waals surface area contributed by atoms with E-state index in [0.717, 1.165) is 173 Å². The molecule has 5 unspecified atom stereocenters. The fraction of sp³-hybridized carbons (Fsp3) is 0.671. The van der Waals surface area contributed by atoms with E-state index >= 15 is 0 Å². The molecule has 0 aromatic heterocycles. The van der Waals surface area contributed by atoms with E-state index < -0.39 is 97.5 Å². The maximum Gasteiger partial charge on any atom is 0.472 e. The summed E-state index contributed by atoms with van der Waals surface area (Å²) in [7, 11) is -9.99. The smallest absolute Gasteiger partial charge is 0.462 e. The Morgan fingerprint density at radius 1 is 0.279 bits per heavy atom. The van der Waals surface area contributed by atoms with Crippen LogP contribution in [0.2, 0.25) is 0 Å². The third-order valence-corrected chi connectivity index (χ3v) is 18.2. The number of hydrogen-bond acceptors (Lipinski definition) is 15. The highest BCUT2D eigenvalue weighted by Crippen LogP contribution is 2.45. The van der Waals surface area contributed by atoms with Crippen LogP contribution in [0.25, 0.3) is 0 Å². The molecular weight excluding hydrogens is 1350 g/mol. The number of ether oxygens (including phenoxy) is 4. The molecule has 0 saturated carbocycles. The topological polar surface area (TPSA) is 237 Å². The minimum atomic E-state index is -5.00. The van der Waals surface area contributed by atoms with Gasteiger partial charge in [0.05, 0.1) is 26.4 Å². The van der Waals surface area contributed by atoms with Gasteiger partial charge in [0.15, 0.2) is 12.2 Å². The summed E-state index contributed by atoms with van der Waals surface area (Å²) in [5.41, 5.74) is 0. The van der Waals surface area contributed by atoms with Gasteiger partial charge in [0.1, 0.15) is 19.3 Å². The highest BCUT2D eigenvalue weighted by molar-refractivity contribution is 7.47. The van der Waals surface area contributed by atoms with Crippen LogP contribution in [0.3, 0.4) is 0 Å². The van der Waals surface area contributed by atoms with Crippen LogP contribution >= 0.6 is 15.6 Å². The first-order valence-corrected chi connectivity index (χ1v) is 43.1. The first-order chi connectivity index (χ1) is 50.7. The lowest BCUT2D eigenvalue weighted by Gasteiger charge is -2.21. The average molecular weight is 1500 g/mol. The predicted molar refractivity (Wildman–Crippen MR) is 427 cm³/mol. The van der Waals surface area contributed by atoms with E-state index in [-0.39, 0.29) is 25.7 Å². The lowest BCUT2D eigenvalue weighted by Crippen LogP contribution is -2.30. The summed E-state index contributed by atoms with van der Waals surface area (Å²) in [4.78, 5) is 73.0. The van der Waals surface area contributed by atoms with Gasteiger partial charge in [-0.05, 0) is 128 Å². The molecule has 0 aromatic rings. The molecule has 0 rings (SSSR count). The minimum Gasteiger partial charge on any atom is -0.462 e. The summed E-state index contributed by atoms with van der Waals surface area (Å²) in [6.07, 6.45) is 87.0. The Kier molecular flexibility index (Phi) is 72.4. The first-order valence-electron chi connectivity index (χ1n) is 40.1. The summed E-state index contributed by atoms with van der Waals surface area (Å²) in [5, 5.41) is 10.6. The highest BCUT2D eigenvalue weighted by Gasteiger charge is 2.30. The van der Waals surface area contributed by atoms with Crippen molar-refractivity contribution in [2.75, 3.05) is 39.6 Å². The molecule has 3 N–H and O–H groups in total. The Bertz CT molecular complexity index is 2540. The van der Waals surface area contributed by atoms with Gasteiger partial charge in [-0.3, -0.25) is 37.3 Å². The normalized spacial score (nSPS) is 14.6. The summed E-state index contributed by atoms with van der Waals surface area (Å²) >= 11 is 0. The largest absolute Gasteiger partial charge is 0.472 e. The molecule has 0 aliphatic rings. The van der Waals surface area contributed by atoms with Crippen molar-refractivity contribution in [2.45, 2.75) is 329 Å². The van der Waals surface area contributed by atoms with E-state index in [1.165, 1.54) is 51.4 Å².